The van der Waals surface area contributed by atoms with Crippen molar-refractivity contribution >= 4 is 63.4 Å². The van der Waals surface area contributed by atoms with Crippen LogP contribution in [0.5, 0.6) is 0 Å². The van der Waals surface area contributed by atoms with Gasteiger partial charge in [0, 0.05) is 39.8 Å². The predicted octanol–water partition coefficient (Wildman–Crippen LogP) is -0.787. The number of carbonyl (C=O) groups excluding carboxylic acids is 3. The standard InChI is InChI=1S/C20H17IN4O5.C7H17NO5/c21-12-6-9-15-14(10-12)18(20(30)23-15)24-25-19(29)11-4-7-13(8-5-11)22-16(26)2-1-3-17(27)28;1-8-2-4(10)6(12)7(13)5(11)3-9/h4-10H,1-3H2,(H,22,26)(H,25,29)(H,27,28)(H,23,24,30);4-13H,2-3H2,1H3/t;4-,5+,6+,7+/m.0/s1. The molecule has 234 valence electrons. The molecular formula is C27H34IN5O10. The molecule has 0 fully saturated rings. The van der Waals surface area contributed by atoms with Gasteiger partial charge in [0.15, 0.2) is 5.71 Å². The number of hydrazone groups is 1. The van der Waals surface area contributed by atoms with E-state index in [1.807, 2.05) is 6.07 Å². The molecule has 0 radical (unpaired) electrons. The zero-order chi connectivity index (χ0) is 32.1. The Kier molecular flexibility index (Phi) is 14.6. The van der Waals surface area contributed by atoms with E-state index in [1.54, 1.807) is 31.3 Å². The SMILES string of the molecule is CNC[C@H](O)[C@@H](O)[C@H](O)[C@H](O)CO.O=C(O)CCCC(=O)Nc1ccc(C(=O)N/N=C2\C(=O)Nc3ccc(I)cc32)cc1. The summed E-state index contributed by atoms with van der Waals surface area (Å²) in [5.41, 5.74) is 4.53. The largest absolute Gasteiger partial charge is 0.481 e. The predicted molar refractivity (Wildman–Crippen MR) is 163 cm³/mol. The van der Waals surface area contributed by atoms with Crippen LogP contribution in [0.15, 0.2) is 47.6 Å². The van der Waals surface area contributed by atoms with E-state index in [0.29, 0.717) is 22.5 Å². The van der Waals surface area contributed by atoms with Crippen LogP contribution < -0.4 is 21.4 Å². The Labute approximate surface area is 260 Å². The number of likely N-dealkylation sites (N-methyl/N-ethyl adjacent to an activating group) is 1. The van der Waals surface area contributed by atoms with Crippen LogP contribution in [0.1, 0.15) is 35.2 Å². The first kappa shape index (κ1) is 35.7. The zero-order valence-corrected chi connectivity index (χ0v) is 25.2. The van der Waals surface area contributed by atoms with Crippen molar-refractivity contribution in [2.24, 2.45) is 5.10 Å². The Morgan fingerprint density at radius 1 is 0.977 bits per heavy atom. The van der Waals surface area contributed by atoms with Gasteiger partial charge in [-0.2, -0.15) is 5.10 Å². The molecule has 10 N–H and O–H groups in total. The van der Waals surface area contributed by atoms with Gasteiger partial charge in [0.1, 0.15) is 18.3 Å². The normalized spacial score (nSPS) is 15.7. The number of carboxylic acids is 1. The van der Waals surface area contributed by atoms with Gasteiger partial charge in [-0.1, -0.05) is 0 Å². The van der Waals surface area contributed by atoms with E-state index < -0.39 is 48.8 Å². The molecule has 2 aromatic rings. The lowest BCUT2D eigenvalue weighted by Crippen LogP contribution is -2.48. The van der Waals surface area contributed by atoms with E-state index in [2.05, 4.69) is 49.1 Å². The van der Waals surface area contributed by atoms with Gasteiger partial charge >= 0.3 is 5.97 Å². The number of aliphatic hydroxyl groups excluding tert-OH is 5. The molecule has 0 aliphatic carbocycles. The lowest BCUT2D eigenvalue weighted by atomic mass is 10.0. The van der Waals surface area contributed by atoms with E-state index in [-0.39, 0.29) is 37.4 Å². The Bertz CT molecular complexity index is 1310. The Morgan fingerprint density at radius 3 is 2.23 bits per heavy atom. The number of halogens is 1. The van der Waals surface area contributed by atoms with E-state index in [0.717, 1.165) is 3.57 Å². The molecule has 0 saturated carbocycles. The van der Waals surface area contributed by atoms with Crippen LogP contribution in [0.25, 0.3) is 0 Å². The maximum absolute atomic E-state index is 12.3. The summed E-state index contributed by atoms with van der Waals surface area (Å²) in [6.45, 7) is -0.569. The van der Waals surface area contributed by atoms with Crippen molar-refractivity contribution in [1.82, 2.24) is 10.7 Å². The fourth-order valence-electron chi connectivity index (χ4n) is 3.63. The number of amides is 3. The Morgan fingerprint density at radius 2 is 1.63 bits per heavy atom. The molecular weight excluding hydrogens is 681 g/mol. The van der Waals surface area contributed by atoms with Crippen LogP contribution in [0, 0.1) is 3.57 Å². The van der Waals surface area contributed by atoms with Crippen LogP contribution in [0.4, 0.5) is 11.4 Å². The summed E-state index contributed by atoms with van der Waals surface area (Å²) >= 11 is 2.13. The minimum absolute atomic E-state index is 0.0727. The molecule has 0 saturated heterocycles. The van der Waals surface area contributed by atoms with Crippen molar-refractivity contribution < 1.29 is 49.8 Å². The number of carbonyl (C=O) groups is 4. The van der Waals surface area contributed by atoms with E-state index in [4.69, 9.17) is 25.5 Å². The minimum Gasteiger partial charge on any atom is -0.481 e. The Balaban J connectivity index is 0.000000420. The van der Waals surface area contributed by atoms with Gasteiger partial charge in [-0.15, -0.1) is 0 Å². The monoisotopic (exact) mass is 715 g/mol. The van der Waals surface area contributed by atoms with E-state index in [9.17, 15) is 24.3 Å². The quantitative estimate of drug-likeness (QED) is 0.0910. The van der Waals surface area contributed by atoms with Crippen molar-refractivity contribution in [2.45, 2.75) is 43.7 Å². The molecule has 1 heterocycles. The Hall–Kier alpha value is -3.52. The fourth-order valence-corrected chi connectivity index (χ4v) is 4.12. The average Bonchev–Trinajstić information content (AvgIpc) is 3.28. The first-order valence-electron chi connectivity index (χ1n) is 13.0. The summed E-state index contributed by atoms with van der Waals surface area (Å²) in [5.74, 6) is -2.16. The zero-order valence-electron chi connectivity index (χ0n) is 23.0. The molecule has 0 aromatic heterocycles. The third-order valence-corrected chi connectivity index (χ3v) is 6.60. The molecule has 1 aliphatic rings. The molecule has 0 unspecified atom stereocenters. The lowest BCUT2D eigenvalue weighted by Gasteiger charge is -2.25. The topological polar surface area (TPSA) is 250 Å². The molecule has 3 amide bonds. The summed E-state index contributed by atoms with van der Waals surface area (Å²) in [6, 6.07) is 11.5. The van der Waals surface area contributed by atoms with Crippen molar-refractivity contribution in [3.8, 4) is 0 Å². The highest BCUT2D eigenvalue weighted by atomic mass is 127. The molecule has 43 heavy (non-hydrogen) atoms. The van der Waals surface area contributed by atoms with E-state index >= 15 is 0 Å². The molecule has 0 bridgehead atoms. The second kappa shape index (κ2) is 17.6. The van der Waals surface area contributed by atoms with Crippen molar-refractivity contribution in [3.63, 3.8) is 0 Å². The highest BCUT2D eigenvalue weighted by Crippen LogP contribution is 2.25. The van der Waals surface area contributed by atoms with Crippen LogP contribution in [-0.4, -0.2) is 105 Å². The smallest absolute Gasteiger partial charge is 0.303 e. The van der Waals surface area contributed by atoms with Gasteiger partial charge in [0.05, 0.1) is 18.4 Å². The van der Waals surface area contributed by atoms with Crippen LogP contribution in [0.2, 0.25) is 0 Å². The van der Waals surface area contributed by atoms with Crippen molar-refractivity contribution in [2.75, 3.05) is 30.8 Å². The maximum Gasteiger partial charge on any atom is 0.303 e. The minimum atomic E-state index is -1.55. The second-order valence-corrected chi connectivity index (χ2v) is 10.5. The molecule has 2 aromatic carbocycles. The van der Waals surface area contributed by atoms with Gasteiger partial charge in [-0.05, 0) is 78.5 Å². The van der Waals surface area contributed by atoms with E-state index in [1.165, 1.54) is 12.1 Å². The number of carboxylic acid groups (broad SMARTS) is 1. The number of hydrogen-bond acceptors (Lipinski definition) is 11. The number of nitrogens with zero attached hydrogens (tertiary/aromatic N) is 1. The van der Waals surface area contributed by atoms with Gasteiger partial charge in [0.2, 0.25) is 5.91 Å². The number of nitrogens with one attached hydrogen (secondary N) is 4. The van der Waals surface area contributed by atoms with Crippen LogP contribution in [-0.2, 0) is 14.4 Å². The summed E-state index contributed by atoms with van der Waals surface area (Å²) < 4.78 is 0.933. The number of fused-ring (bicyclic) bond motifs is 1. The maximum atomic E-state index is 12.3. The molecule has 3 rings (SSSR count). The van der Waals surface area contributed by atoms with Crippen LogP contribution >= 0.6 is 22.6 Å². The molecule has 16 heteroatoms. The summed E-state index contributed by atoms with van der Waals surface area (Å²) in [7, 11) is 1.57. The van der Waals surface area contributed by atoms with Gasteiger partial charge < -0.3 is 46.6 Å². The van der Waals surface area contributed by atoms with Crippen molar-refractivity contribution in [3.05, 3.63) is 57.2 Å². The second-order valence-electron chi connectivity index (χ2n) is 9.27. The summed E-state index contributed by atoms with van der Waals surface area (Å²) in [4.78, 5) is 46.7. The number of anilines is 2. The number of aliphatic hydroxyl groups is 5. The number of rotatable bonds is 13. The van der Waals surface area contributed by atoms with Gasteiger partial charge in [-0.25, -0.2) is 5.43 Å². The summed E-state index contributed by atoms with van der Waals surface area (Å²) in [5, 5.41) is 65.3. The first-order valence-corrected chi connectivity index (χ1v) is 14.0. The number of aliphatic carboxylic acids is 1. The molecule has 0 spiro atoms. The lowest BCUT2D eigenvalue weighted by molar-refractivity contribution is -0.137. The highest BCUT2D eigenvalue weighted by Gasteiger charge is 2.29. The molecule has 1 aliphatic heterocycles. The number of benzene rings is 2. The first-order chi connectivity index (χ1) is 20.4. The molecule has 15 nitrogen and oxygen atoms in total. The third-order valence-electron chi connectivity index (χ3n) is 5.93. The van der Waals surface area contributed by atoms with Gasteiger partial charge in [0.25, 0.3) is 11.8 Å². The average molecular weight is 715 g/mol. The van der Waals surface area contributed by atoms with Crippen molar-refractivity contribution in [1.29, 1.82) is 0 Å². The molecule has 4 atom stereocenters. The number of hydrogen-bond donors (Lipinski definition) is 10. The summed E-state index contributed by atoms with van der Waals surface area (Å²) in [6.07, 6.45) is -5.38. The van der Waals surface area contributed by atoms with Gasteiger partial charge in [-0.3, -0.25) is 19.2 Å². The third kappa shape index (κ3) is 11.2. The van der Waals surface area contributed by atoms with Crippen LogP contribution in [0.3, 0.4) is 0 Å². The fraction of sp³-hybridized carbons (Fsp3) is 0.370. The highest BCUT2D eigenvalue weighted by molar-refractivity contribution is 14.1.